The Morgan fingerprint density at radius 1 is 1.14 bits per heavy atom. The van der Waals surface area contributed by atoms with Crippen LogP contribution >= 0.6 is 27.3 Å². The van der Waals surface area contributed by atoms with Crippen LogP contribution in [0.1, 0.15) is 36.8 Å². The quantitative estimate of drug-likeness (QED) is 0.228. The minimum atomic E-state index is -4.50. The molecule has 2 aromatic heterocycles. The van der Waals surface area contributed by atoms with E-state index in [0.717, 1.165) is 23.5 Å². The number of allylic oxidation sites excluding steroid dienone is 1. The highest BCUT2D eigenvalue weighted by molar-refractivity contribution is 9.10. The molecule has 224 valence electrons. The molecule has 0 bridgehead atoms. The van der Waals surface area contributed by atoms with E-state index in [0.29, 0.717) is 32.0 Å². The Hall–Kier alpha value is -4.10. The molecule has 13 heteroatoms. The maximum absolute atomic E-state index is 13.9. The number of rotatable bonds is 7. The van der Waals surface area contributed by atoms with Crippen molar-refractivity contribution < 1.29 is 36.6 Å². The van der Waals surface area contributed by atoms with Crippen LogP contribution in [0, 0.1) is 0 Å². The monoisotopic (exact) mass is 676 g/mol. The van der Waals surface area contributed by atoms with E-state index in [-0.39, 0.29) is 33.8 Å². The number of esters is 1. The topological polar surface area (TPSA) is 92.3 Å². The Labute approximate surface area is 255 Å². The first kappa shape index (κ1) is 30.4. The van der Waals surface area contributed by atoms with Crippen LogP contribution in [-0.2, 0) is 15.7 Å². The van der Waals surface area contributed by atoms with E-state index in [4.69, 9.17) is 18.6 Å². The molecular weight excluding hydrogens is 653 g/mol. The van der Waals surface area contributed by atoms with Crippen molar-refractivity contribution in [2.45, 2.75) is 26.1 Å². The normalized spacial score (nSPS) is 15.3. The van der Waals surface area contributed by atoms with Gasteiger partial charge in [-0.1, -0.05) is 39.4 Å². The second kappa shape index (κ2) is 11.9. The Morgan fingerprint density at radius 2 is 1.86 bits per heavy atom. The summed E-state index contributed by atoms with van der Waals surface area (Å²) in [5.74, 6) is 0.666. The first-order valence-corrected chi connectivity index (χ1v) is 14.5. The summed E-state index contributed by atoms with van der Waals surface area (Å²) in [6.07, 6.45) is -3.01. The van der Waals surface area contributed by atoms with Gasteiger partial charge in [-0.15, -0.1) is 0 Å². The Balaban J connectivity index is 1.65. The second-order valence-corrected chi connectivity index (χ2v) is 11.2. The molecule has 0 radical (unpaired) electrons. The largest absolute Gasteiger partial charge is 0.493 e. The fourth-order valence-electron chi connectivity index (χ4n) is 4.73. The SMILES string of the molecule is CCOC(=O)C1=C(C)N=c2s/c(=C\c3ccc(-c4cccc(C(F)(F)F)c4)o3)c(=O)n2[C@@H]1c1cc(OC)c(OC)cc1Br. The number of aromatic nitrogens is 1. The van der Waals surface area contributed by atoms with Gasteiger partial charge in [0, 0.05) is 16.1 Å². The molecule has 0 unspecified atom stereocenters. The lowest BCUT2D eigenvalue weighted by atomic mass is 9.95. The lowest BCUT2D eigenvalue weighted by molar-refractivity contribution is -0.139. The van der Waals surface area contributed by atoms with Crippen LogP contribution in [0.5, 0.6) is 11.5 Å². The zero-order chi connectivity index (χ0) is 31.1. The molecule has 0 saturated carbocycles. The summed E-state index contributed by atoms with van der Waals surface area (Å²) >= 11 is 4.64. The third kappa shape index (κ3) is 5.78. The average molecular weight is 677 g/mol. The number of carbonyl (C=O) groups excluding carboxylic acids is 1. The number of alkyl halides is 3. The number of fused-ring (bicyclic) bond motifs is 1. The third-order valence-electron chi connectivity index (χ3n) is 6.69. The second-order valence-electron chi connectivity index (χ2n) is 9.31. The molecule has 0 saturated heterocycles. The molecule has 1 aliphatic rings. The van der Waals surface area contributed by atoms with Crippen molar-refractivity contribution in [2.75, 3.05) is 20.8 Å². The van der Waals surface area contributed by atoms with Gasteiger partial charge in [-0.25, -0.2) is 9.79 Å². The summed E-state index contributed by atoms with van der Waals surface area (Å²) in [6.45, 7) is 3.47. The smallest absolute Gasteiger partial charge is 0.416 e. The van der Waals surface area contributed by atoms with Crippen molar-refractivity contribution in [3.63, 3.8) is 0 Å². The van der Waals surface area contributed by atoms with Crippen molar-refractivity contribution in [3.05, 3.63) is 101 Å². The molecule has 3 heterocycles. The van der Waals surface area contributed by atoms with E-state index in [9.17, 15) is 22.8 Å². The molecule has 0 aliphatic carbocycles. The van der Waals surface area contributed by atoms with E-state index < -0.39 is 29.3 Å². The van der Waals surface area contributed by atoms with Crippen molar-refractivity contribution in [2.24, 2.45) is 4.99 Å². The summed E-state index contributed by atoms with van der Waals surface area (Å²) < 4.78 is 63.9. The van der Waals surface area contributed by atoms with E-state index in [2.05, 4.69) is 20.9 Å². The summed E-state index contributed by atoms with van der Waals surface area (Å²) in [5.41, 5.74) is 0.0739. The van der Waals surface area contributed by atoms with Gasteiger partial charge in [0.25, 0.3) is 5.56 Å². The Kier molecular flexibility index (Phi) is 8.39. The third-order valence-corrected chi connectivity index (χ3v) is 8.36. The molecule has 8 nitrogen and oxygen atoms in total. The van der Waals surface area contributed by atoms with Crippen LogP contribution in [0.15, 0.2) is 78.5 Å². The van der Waals surface area contributed by atoms with Gasteiger partial charge < -0.3 is 18.6 Å². The predicted molar refractivity (Wildman–Crippen MR) is 157 cm³/mol. The van der Waals surface area contributed by atoms with Gasteiger partial charge in [-0.3, -0.25) is 9.36 Å². The highest BCUT2D eigenvalue weighted by Crippen LogP contribution is 2.41. The van der Waals surface area contributed by atoms with Gasteiger partial charge >= 0.3 is 12.1 Å². The van der Waals surface area contributed by atoms with Crippen molar-refractivity contribution in [3.8, 4) is 22.8 Å². The molecule has 1 aliphatic heterocycles. The molecule has 0 spiro atoms. The fourth-order valence-corrected chi connectivity index (χ4v) is 6.29. The summed E-state index contributed by atoms with van der Waals surface area (Å²) in [4.78, 5) is 32.0. The van der Waals surface area contributed by atoms with Gasteiger partial charge in [-0.05, 0) is 55.8 Å². The van der Waals surface area contributed by atoms with Crippen LogP contribution in [-0.4, -0.2) is 31.4 Å². The zero-order valence-corrected chi connectivity index (χ0v) is 25.6. The van der Waals surface area contributed by atoms with Gasteiger partial charge in [0.05, 0.1) is 48.2 Å². The van der Waals surface area contributed by atoms with E-state index in [1.54, 1.807) is 32.0 Å². The van der Waals surface area contributed by atoms with E-state index >= 15 is 0 Å². The summed E-state index contributed by atoms with van der Waals surface area (Å²) in [5, 5.41) is 0. The maximum atomic E-state index is 13.9. The van der Waals surface area contributed by atoms with Crippen molar-refractivity contribution in [1.82, 2.24) is 4.57 Å². The number of furan rings is 1. The number of hydrogen-bond donors (Lipinski definition) is 0. The molecule has 5 rings (SSSR count). The number of thiazole rings is 1. The van der Waals surface area contributed by atoms with Gasteiger partial charge in [0.15, 0.2) is 16.3 Å². The van der Waals surface area contributed by atoms with Crippen LogP contribution in [0.3, 0.4) is 0 Å². The molecular formula is C30H24BrF3N2O6S. The van der Waals surface area contributed by atoms with Gasteiger partial charge in [0.2, 0.25) is 0 Å². The lowest BCUT2D eigenvalue weighted by Gasteiger charge is -2.26. The van der Waals surface area contributed by atoms with Crippen molar-refractivity contribution >= 4 is 39.3 Å². The highest BCUT2D eigenvalue weighted by atomic mass is 79.9. The van der Waals surface area contributed by atoms with Crippen LogP contribution in [0.2, 0.25) is 0 Å². The standard InChI is InChI=1S/C30H24BrF3N2O6S/c1-5-41-28(38)25-15(2)35-29-36(26(25)19-13-22(39-3)23(40-4)14-20(19)31)27(37)24(43-29)12-18-9-10-21(42-18)16-7-6-8-17(11-16)30(32,33)34/h6-14,26H,5H2,1-4H3/b24-12-/t26-/m1/s1. The predicted octanol–water partition coefficient (Wildman–Crippen LogP) is 5.86. The summed E-state index contributed by atoms with van der Waals surface area (Å²) in [7, 11) is 2.97. The Bertz CT molecular complexity index is 1940. The fraction of sp³-hybridized carbons (Fsp3) is 0.233. The molecule has 0 amide bonds. The lowest BCUT2D eigenvalue weighted by Crippen LogP contribution is -2.40. The van der Waals surface area contributed by atoms with E-state index in [1.165, 1.54) is 43.1 Å². The highest BCUT2D eigenvalue weighted by Gasteiger charge is 2.35. The molecule has 0 fully saturated rings. The van der Waals surface area contributed by atoms with E-state index in [1.807, 2.05) is 0 Å². The van der Waals surface area contributed by atoms with Gasteiger partial charge in [-0.2, -0.15) is 13.2 Å². The summed E-state index contributed by atoms with van der Waals surface area (Å²) in [6, 6.07) is 10.3. The van der Waals surface area contributed by atoms with Gasteiger partial charge in [0.1, 0.15) is 11.5 Å². The Morgan fingerprint density at radius 3 is 2.53 bits per heavy atom. The number of carbonyl (C=O) groups is 1. The van der Waals surface area contributed by atoms with Crippen LogP contribution in [0.4, 0.5) is 13.2 Å². The number of nitrogens with zero attached hydrogens (tertiary/aromatic N) is 2. The number of ether oxygens (including phenoxy) is 3. The minimum absolute atomic E-state index is 0.118. The number of halogens is 4. The molecule has 43 heavy (non-hydrogen) atoms. The zero-order valence-electron chi connectivity index (χ0n) is 23.2. The van der Waals surface area contributed by atoms with Crippen LogP contribution in [0.25, 0.3) is 17.4 Å². The molecule has 1 atom stereocenters. The first-order chi connectivity index (χ1) is 20.5. The molecule has 4 aromatic rings. The number of methoxy groups -OCH3 is 2. The number of benzene rings is 2. The maximum Gasteiger partial charge on any atom is 0.416 e. The first-order valence-electron chi connectivity index (χ1n) is 12.8. The van der Waals surface area contributed by atoms with Crippen molar-refractivity contribution in [1.29, 1.82) is 0 Å². The molecule has 0 N–H and O–H groups in total. The average Bonchev–Trinajstić information content (AvgIpc) is 3.56. The van der Waals surface area contributed by atoms with Crippen LogP contribution < -0.4 is 24.4 Å². The molecule has 2 aromatic carbocycles. The minimum Gasteiger partial charge on any atom is -0.493 e. The number of hydrogen-bond acceptors (Lipinski definition) is 8.